The van der Waals surface area contributed by atoms with Crippen LogP contribution in [0.25, 0.3) is 0 Å². The molecule has 3 rings (SSSR count). The van der Waals surface area contributed by atoms with Gasteiger partial charge in [0.1, 0.15) is 6.54 Å². The van der Waals surface area contributed by atoms with Gasteiger partial charge in [0.2, 0.25) is 5.91 Å². The summed E-state index contributed by atoms with van der Waals surface area (Å²) in [5.41, 5.74) is 3.54. The van der Waals surface area contributed by atoms with Crippen molar-refractivity contribution in [2.45, 2.75) is 26.2 Å². The van der Waals surface area contributed by atoms with Crippen LogP contribution < -0.4 is 15.5 Å². The number of carbonyl (C=O) groups excluding carboxylic acids is 1. The van der Waals surface area contributed by atoms with Crippen LogP contribution in [0.4, 0.5) is 5.69 Å². The molecule has 0 saturated heterocycles. The average Bonchev–Trinajstić information content (AvgIpc) is 3.14. The highest BCUT2D eigenvalue weighted by molar-refractivity contribution is 14.0. The third-order valence-corrected chi connectivity index (χ3v) is 4.85. The zero-order valence-electron chi connectivity index (χ0n) is 16.5. The molecular weight excluding hydrogens is 463 g/mol. The van der Waals surface area contributed by atoms with E-state index in [4.69, 9.17) is 0 Å². The van der Waals surface area contributed by atoms with Crippen molar-refractivity contribution in [1.29, 1.82) is 0 Å². The van der Waals surface area contributed by atoms with E-state index < -0.39 is 0 Å². The fourth-order valence-corrected chi connectivity index (χ4v) is 3.32. The Balaban J connectivity index is 0.00000280. The monoisotopic (exact) mass is 492 g/mol. The molecule has 28 heavy (non-hydrogen) atoms. The number of para-hydroxylation sites is 1. The number of hydrogen-bond acceptors (Lipinski definition) is 2. The number of aliphatic imine (C=N–C) groups is 1. The zero-order chi connectivity index (χ0) is 19.1. The Kier molecular flexibility index (Phi) is 8.76. The Morgan fingerprint density at radius 3 is 2.57 bits per heavy atom. The van der Waals surface area contributed by atoms with Gasteiger partial charge in [-0.15, -0.1) is 24.0 Å². The molecule has 2 aromatic carbocycles. The van der Waals surface area contributed by atoms with Crippen molar-refractivity contribution in [3.63, 3.8) is 0 Å². The minimum absolute atomic E-state index is 0. The quantitative estimate of drug-likeness (QED) is 0.369. The summed E-state index contributed by atoms with van der Waals surface area (Å²) in [6.07, 6.45) is 0.915. The first-order chi connectivity index (χ1) is 13.2. The molecule has 0 bridgehead atoms. The fourth-order valence-electron chi connectivity index (χ4n) is 3.32. The van der Waals surface area contributed by atoms with Crippen LogP contribution in [0, 0.1) is 0 Å². The second kappa shape index (κ2) is 11.0. The average molecular weight is 492 g/mol. The van der Waals surface area contributed by atoms with Crippen molar-refractivity contribution in [3.8, 4) is 0 Å². The van der Waals surface area contributed by atoms with Gasteiger partial charge in [-0.2, -0.15) is 0 Å². The summed E-state index contributed by atoms with van der Waals surface area (Å²) in [5, 5.41) is 6.57. The van der Waals surface area contributed by atoms with Crippen molar-refractivity contribution in [3.05, 3.63) is 65.7 Å². The van der Waals surface area contributed by atoms with E-state index in [2.05, 4.69) is 52.9 Å². The third kappa shape index (κ3) is 5.70. The maximum absolute atomic E-state index is 12.6. The van der Waals surface area contributed by atoms with Gasteiger partial charge in [-0.25, -0.2) is 4.99 Å². The molecule has 1 aliphatic rings. The molecular formula is C22H29IN4O. The lowest BCUT2D eigenvalue weighted by molar-refractivity contribution is -0.117. The van der Waals surface area contributed by atoms with Gasteiger partial charge < -0.3 is 15.5 Å². The summed E-state index contributed by atoms with van der Waals surface area (Å²) < 4.78 is 0. The molecule has 6 heteroatoms. The van der Waals surface area contributed by atoms with E-state index in [9.17, 15) is 4.79 Å². The number of nitrogens with zero attached hydrogens (tertiary/aromatic N) is 2. The van der Waals surface area contributed by atoms with Crippen LogP contribution in [-0.2, 0) is 11.2 Å². The normalized spacial score (nSPS) is 14.1. The van der Waals surface area contributed by atoms with E-state index in [-0.39, 0.29) is 36.4 Å². The minimum atomic E-state index is 0. The SMILES string of the molecule is CCNC(=NCC(=O)N1CCc2ccccc21)NCC(C)c1ccccc1.I. The minimum Gasteiger partial charge on any atom is -0.357 e. The molecule has 0 aromatic heterocycles. The number of nitrogens with one attached hydrogen (secondary N) is 2. The van der Waals surface area contributed by atoms with Crippen LogP contribution in [0.5, 0.6) is 0 Å². The molecule has 1 heterocycles. The summed E-state index contributed by atoms with van der Waals surface area (Å²) in [6, 6.07) is 18.5. The molecule has 0 radical (unpaired) electrons. The van der Waals surface area contributed by atoms with Crippen LogP contribution in [0.2, 0.25) is 0 Å². The first-order valence-electron chi connectivity index (χ1n) is 9.64. The molecule has 5 nitrogen and oxygen atoms in total. The number of hydrogen-bond donors (Lipinski definition) is 2. The highest BCUT2D eigenvalue weighted by Gasteiger charge is 2.23. The zero-order valence-corrected chi connectivity index (χ0v) is 18.9. The number of amides is 1. The van der Waals surface area contributed by atoms with Crippen molar-refractivity contribution in [2.75, 3.05) is 31.1 Å². The van der Waals surface area contributed by atoms with E-state index in [1.807, 2.05) is 36.1 Å². The van der Waals surface area contributed by atoms with Gasteiger partial charge in [0.25, 0.3) is 0 Å². The maximum atomic E-state index is 12.6. The van der Waals surface area contributed by atoms with Crippen LogP contribution in [0.1, 0.15) is 30.9 Å². The Labute approximate surface area is 184 Å². The summed E-state index contributed by atoms with van der Waals surface area (Å²) >= 11 is 0. The van der Waals surface area contributed by atoms with Gasteiger partial charge in [0, 0.05) is 25.3 Å². The summed E-state index contributed by atoms with van der Waals surface area (Å²) in [6.45, 7) is 6.60. The Morgan fingerprint density at radius 1 is 1.11 bits per heavy atom. The molecule has 1 amide bonds. The van der Waals surface area contributed by atoms with Crippen LogP contribution >= 0.6 is 24.0 Å². The van der Waals surface area contributed by atoms with Crippen molar-refractivity contribution in [1.82, 2.24) is 10.6 Å². The number of fused-ring (bicyclic) bond motifs is 1. The number of guanidine groups is 1. The predicted octanol–water partition coefficient (Wildman–Crippen LogP) is 3.55. The molecule has 0 fully saturated rings. The van der Waals surface area contributed by atoms with Crippen molar-refractivity contribution in [2.24, 2.45) is 4.99 Å². The van der Waals surface area contributed by atoms with Gasteiger partial charge >= 0.3 is 0 Å². The Hall–Kier alpha value is -2.09. The summed E-state index contributed by atoms with van der Waals surface area (Å²) in [5.74, 6) is 1.07. The second-order valence-corrected chi connectivity index (χ2v) is 6.81. The van der Waals surface area contributed by atoms with Crippen LogP contribution in [0.3, 0.4) is 0 Å². The van der Waals surface area contributed by atoms with E-state index in [1.54, 1.807) is 0 Å². The summed E-state index contributed by atoms with van der Waals surface area (Å²) in [7, 11) is 0. The smallest absolute Gasteiger partial charge is 0.248 e. The van der Waals surface area contributed by atoms with E-state index in [0.717, 1.165) is 31.7 Å². The molecule has 0 saturated carbocycles. The molecule has 0 aliphatic carbocycles. The lowest BCUT2D eigenvalue weighted by atomic mass is 10.0. The van der Waals surface area contributed by atoms with Gasteiger partial charge in [0.15, 0.2) is 5.96 Å². The molecule has 1 aliphatic heterocycles. The number of rotatable bonds is 6. The van der Waals surface area contributed by atoms with Crippen LogP contribution in [0.15, 0.2) is 59.6 Å². The largest absolute Gasteiger partial charge is 0.357 e. The van der Waals surface area contributed by atoms with Gasteiger partial charge in [-0.05, 0) is 36.5 Å². The van der Waals surface area contributed by atoms with Gasteiger partial charge in [-0.3, -0.25) is 4.79 Å². The predicted molar refractivity (Wildman–Crippen MR) is 127 cm³/mol. The first-order valence-corrected chi connectivity index (χ1v) is 9.64. The van der Waals surface area contributed by atoms with Crippen LogP contribution in [-0.4, -0.2) is 38.0 Å². The standard InChI is InChI=1S/C22H28N4O.HI/c1-3-23-22(24-15-17(2)18-9-5-4-6-10-18)25-16-21(27)26-14-13-19-11-7-8-12-20(19)26;/h4-12,17H,3,13-16H2,1-2H3,(H2,23,24,25);1H. The first kappa shape index (κ1) is 22.2. The highest BCUT2D eigenvalue weighted by Crippen LogP contribution is 2.27. The van der Waals surface area contributed by atoms with E-state index in [1.165, 1.54) is 11.1 Å². The third-order valence-electron chi connectivity index (χ3n) is 4.85. The van der Waals surface area contributed by atoms with Gasteiger partial charge in [-0.1, -0.05) is 55.5 Å². The molecule has 1 unspecified atom stereocenters. The number of carbonyl (C=O) groups is 1. The van der Waals surface area contributed by atoms with Crippen molar-refractivity contribution < 1.29 is 4.79 Å². The molecule has 150 valence electrons. The molecule has 2 aromatic rings. The highest BCUT2D eigenvalue weighted by atomic mass is 127. The Morgan fingerprint density at radius 2 is 1.82 bits per heavy atom. The molecule has 1 atom stereocenters. The molecule has 2 N–H and O–H groups in total. The van der Waals surface area contributed by atoms with E-state index >= 15 is 0 Å². The van der Waals surface area contributed by atoms with Gasteiger partial charge in [0.05, 0.1) is 0 Å². The number of anilines is 1. The fraction of sp³-hybridized carbons (Fsp3) is 0.364. The topological polar surface area (TPSA) is 56.7 Å². The van der Waals surface area contributed by atoms with Crippen molar-refractivity contribution >= 4 is 41.5 Å². The number of benzene rings is 2. The second-order valence-electron chi connectivity index (χ2n) is 6.81. The molecule has 0 spiro atoms. The number of halogens is 1. The summed E-state index contributed by atoms with van der Waals surface area (Å²) in [4.78, 5) is 19.0. The lowest BCUT2D eigenvalue weighted by Crippen LogP contribution is -2.40. The Bertz CT molecular complexity index is 794. The lowest BCUT2D eigenvalue weighted by Gasteiger charge is -2.18. The van der Waals surface area contributed by atoms with E-state index in [0.29, 0.717) is 11.9 Å². The maximum Gasteiger partial charge on any atom is 0.248 e.